The fourth-order valence-electron chi connectivity index (χ4n) is 9.23. The summed E-state index contributed by atoms with van der Waals surface area (Å²) in [4.78, 5) is 15.5. The van der Waals surface area contributed by atoms with Crippen LogP contribution in [0.15, 0.2) is 205 Å². The van der Waals surface area contributed by atoms with Gasteiger partial charge >= 0.3 is 0 Å². The lowest BCUT2D eigenvalue weighted by molar-refractivity contribution is 0.669. The van der Waals surface area contributed by atoms with Crippen molar-refractivity contribution in [1.29, 1.82) is 0 Å². The SMILES string of the molecule is c1ccc(-c2cccc(-c3nc(-c4ccccc4)nc(-c4cccc5oc6ccc(-c7c(-c8ccc9c(c8)sc8ccccc89)ccc8sc9ccccc9c78)cc6c45)n3)c2)cc1. The minimum atomic E-state index is 0.589. The number of hydrogen-bond acceptors (Lipinski definition) is 6. The van der Waals surface area contributed by atoms with Crippen LogP contribution < -0.4 is 0 Å². The number of fused-ring (bicyclic) bond motifs is 9. The van der Waals surface area contributed by atoms with Crippen molar-refractivity contribution in [2.75, 3.05) is 0 Å². The van der Waals surface area contributed by atoms with Crippen LogP contribution in [0.1, 0.15) is 0 Å². The minimum Gasteiger partial charge on any atom is -0.456 e. The van der Waals surface area contributed by atoms with Crippen molar-refractivity contribution in [3.8, 4) is 67.5 Å². The van der Waals surface area contributed by atoms with Gasteiger partial charge in [0.15, 0.2) is 17.5 Å². The molecule has 6 heteroatoms. The van der Waals surface area contributed by atoms with E-state index in [1.54, 1.807) is 0 Å². The van der Waals surface area contributed by atoms with Crippen molar-refractivity contribution in [2.24, 2.45) is 0 Å². The third kappa shape index (κ3) is 5.98. The molecule has 294 valence electrons. The van der Waals surface area contributed by atoms with E-state index in [0.717, 1.165) is 55.3 Å². The third-order valence-electron chi connectivity index (χ3n) is 12.2. The van der Waals surface area contributed by atoms with Crippen molar-refractivity contribution >= 4 is 85.0 Å². The van der Waals surface area contributed by atoms with Gasteiger partial charge in [-0.15, -0.1) is 22.7 Å². The van der Waals surface area contributed by atoms with Gasteiger partial charge in [0.1, 0.15) is 11.2 Å². The molecule has 0 saturated carbocycles. The molecule has 63 heavy (non-hydrogen) atoms. The summed E-state index contributed by atoms with van der Waals surface area (Å²) in [6.45, 7) is 0. The molecule has 0 amide bonds. The molecule has 13 rings (SSSR count). The highest BCUT2D eigenvalue weighted by Gasteiger charge is 2.22. The second-order valence-corrected chi connectivity index (χ2v) is 18.0. The fourth-order valence-corrected chi connectivity index (χ4v) is 11.5. The maximum atomic E-state index is 6.67. The summed E-state index contributed by atoms with van der Waals surface area (Å²) in [7, 11) is 0. The zero-order valence-corrected chi connectivity index (χ0v) is 35.3. The highest BCUT2D eigenvalue weighted by Crippen LogP contribution is 2.48. The molecule has 0 atom stereocenters. The zero-order chi connectivity index (χ0) is 41.4. The number of benzene rings is 9. The molecule has 0 saturated heterocycles. The summed E-state index contributed by atoms with van der Waals surface area (Å²) >= 11 is 3.70. The number of rotatable bonds is 6. The maximum absolute atomic E-state index is 6.67. The fraction of sp³-hybridized carbons (Fsp3) is 0. The van der Waals surface area contributed by atoms with Gasteiger partial charge in [-0.25, -0.2) is 15.0 Å². The van der Waals surface area contributed by atoms with Crippen LogP contribution >= 0.6 is 22.7 Å². The van der Waals surface area contributed by atoms with E-state index in [4.69, 9.17) is 19.4 Å². The molecule has 0 aliphatic carbocycles. The third-order valence-corrected chi connectivity index (χ3v) is 14.4. The van der Waals surface area contributed by atoms with Crippen LogP contribution in [0.4, 0.5) is 0 Å². The number of thiophene rings is 2. The van der Waals surface area contributed by atoms with E-state index in [9.17, 15) is 0 Å². The van der Waals surface area contributed by atoms with Crippen molar-refractivity contribution in [2.45, 2.75) is 0 Å². The topological polar surface area (TPSA) is 51.8 Å². The monoisotopic (exact) mass is 839 g/mol. The highest BCUT2D eigenvalue weighted by molar-refractivity contribution is 7.26. The second kappa shape index (κ2) is 14.4. The number of hydrogen-bond donors (Lipinski definition) is 0. The molecule has 0 fully saturated rings. The Kier molecular flexibility index (Phi) is 8.22. The second-order valence-electron chi connectivity index (χ2n) is 15.9. The maximum Gasteiger partial charge on any atom is 0.164 e. The number of aromatic nitrogens is 3. The number of furan rings is 1. The summed E-state index contributed by atoms with van der Waals surface area (Å²) in [5, 5.41) is 7.11. The van der Waals surface area contributed by atoms with Crippen molar-refractivity contribution in [3.05, 3.63) is 200 Å². The Morgan fingerprint density at radius 1 is 0.302 bits per heavy atom. The van der Waals surface area contributed by atoms with Crippen LogP contribution in [0.25, 0.3) is 130 Å². The molecule has 0 aliphatic heterocycles. The van der Waals surface area contributed by atoms with E-state index in [2.05, 4.69) is 152 Å². The summed E-state index contributed by atoms with van der Waals surface area (Å²) in [6, 6.07) is 70.9. The molecule has 0 spiro atoms. The van der Waals surface area contributed by atoms with E-state index in [1.807, 2.05) is 71.2 Å². The van der Waals surface area contributed by atoms with E-state index in [-0.39, 0.29) is 0 Å². The normalized spacial score (nSPS) is 11.8. The zero-order valence-electron chi connectivity index (χ0n) is 33.6. The number of nitrogens with zero attached hydrogens (tertiary/aromatic N) is 3. The Morgan fingerprint density at radius 2 is 0.937 bits per heavy atom. The van der Waals surface area contributed by atoms with Gasteiger partial charge in [0.25, 0.3) is 0 Å². The smallest absolute Gasteiger partial charge is 0.164 e. The molecule has 0 radical (unpaired) electrons. The molecule has 4 nitrogen and oxygen atoms in total. The molecule has 9 aromatic carbocycles. The van der Waals surface area contributed by atoms with E-state index < -0.39 is 0 Å². The first-order chi connectivity index (χ1) is 31.2. The quantitative estimate of drug-likeness (QED) is 0.167. The van der Waals surface area contributed by atoms with E-state index >= 15 is 0 Å². The van der Waals surface area contributed by atoms with Crippen molar-refractivity contribution < 1.29 is 4.42 Å². The van der Waals surface area contributed by atoms with Crippen LogP contribution in [0.2, 0.25) is 0 Å². The summed E-state index contributed by atoms with van der Waals surface area (Å²) in [5.74, 6) is 1.81. The lowest BCUT2D eigenvalue weighted by Crippen LogP contribution is -2.00. The van der Waals surface area contributed by atoms with Crippen molar-refractivity contribution in [3.63, 3.8) is 0 Å². The van der Waals surface area contributed by atoms with Crippen LogP contribution in [0.5, 0.6) is 0 Å². The van der Waals surface area contributed by atoms with Gasteiger partial charge < -0.3 is 4.42 Å². The Balaban J connectivity index is 1.04. The molecule has 0 N–H and O–H groups in total. The molecule has 0 aliphatic rings. The average Bonchev–Trinajstić information content (AvgIpc) is 4.05. The summed E-state index contributed by atoms with van der Waals surface area (Å²) in [5.41, 5.74) is 11.3. The molecule has 13 aromatic rings. The van der Waals surface area contributed by atoms with Crippen LogP contribution in [0, 0.1) is 0 Å². The van der Waals surface area contributed by atoms with Crippen LogP contribution in [-0.2, 0) is 0 Å². The summed E-state index contributed by atoms with van der Waals surface area (Å²) in [6.07, 6.45) is 0. The van der Waals surface area contributed by atoms with Gasteiger partial charge in [0.2, 0.25) is 0 Å². The minimum absolute atomic E-state index is 0.589. The lowest BCUT2D eigenvalue weighted by atomic mass is 9.89. The Morgan fingerprint density at radius 3 is 1.78 bits per heavy atom. The Hall–Kier alpha value is -7.77. The van der Waals surface area contributed by atoms with Crippen molar-refractivity contribution in [1.82, 2.24) is 15.0 Å². The van der Waals surface area contributed by atoms with Gasteiger partial charge in [0.05, 0.1) is 0 Å². The average molecular weight is 840 g/mol. The first kappa shape index (κ1) is 35.9. The predicted molar refractivity (Wildman–Crippen MR) is 265 cm³/mol. The van der Waals surface area contributed by atoms with E-state index in [0.29, 0.717) is 17.5 Å². The molecule has 0 bridgehead atoms. The van der Waals surface area contributed by atoms with Gasteiger partial charge in [-0.2, -0.15) is 0 Å². The first-order valence-electron chi connectivity index (χ1n) is 21.0. The summed E-state index contributed by atoms with van der Waals surface area (Å²) < 4.78 is 11.8. The van der Waals surface area contributed by atoms with Gasteiger partial charge in [-0.05, 0) is 81.9 Å². The van der Waals surface area contributed by atoms with Crippen LogP contribution in [-0.4, -0.2) is 15.0 Å². The Labute approximate surface area is 370 Å². The van der Waals surface area contributed by atoms with Crippen LogP contribution in [0.3, 0.4) is 0 Å². The molecule has 4 aromatic heterocycles. The van der Waals surface area contributed by atoms with Gasteiger partial charge in [-0.1, -0.05) is 152 Å². The molecule has 4 heterocycles. The lowest BCUT2D eigenvalue weighted by Gasteiger charge is -2.14. The molecular weight excluding hydrogens is 807 g/mol. The molecular formula is C57H33N3OS2. The van der Waals surface area contributed by atoms with E-state index in [1.165, 1.54) is 57.0 Å². The first-order valence-corrected chi connectivity index (χ1v) is 22.6. The largest absolute Gasteiger partial charge is 0.456 e. The van der Waals surface area contributed by atoms with Gasteiger partial charge in [-0.3, -0.25) is 0 Å². The predicted octanol–water partition coefficient (Wildman–Crippen LogP) is 16.5. The standard InChI is InChI=1S/C57H33N3OS2/c1-3-13-34(14-4-1)36-17-11-18-39(31-36)56-58-55(35-15-5-2-6-16-35)59-57(60-56)44-21-12-22-47-53(44)45-32-38(26-29-46(45)61-47)52-40(28-30-50-54(52)43-20-8-10-24-49(43)62-50)37-25-27-42-41-19-7-9-23-48(41)63-51(42)33-37/h1-33H. The van der Waals surface area contributed by atoms with Gasteiger partial charge in [0, 0.05) is 67.8 Å². The Bertz CT molecular complexity index is 3920. The molecule has 0 unspecified atom stereocenters. The highest BCUT2D eigenvalue weighted by atomic mass is 32.1.